The summed E-state index contributed by atoms with van der Waals surface area (Å²) in [6, 6.07) is 8.73. The van der Waals surface area contributed by atoms with Gasteiger partial charge >= 0.3 is 0 Å². The Bertz CT molecular complexity index is 558. The molecule has 0 saturated carbocycles. The van der Waals surface area contributed by atoms with Crippen molar-refractivity contribution in [1.29, 1.82) is 0 Å². The number of H-pyrrole nitrogens is 1. The zero-order valence-corrected chi connectivity index (χ0v) is 13.6. The van der Waals surface area contributed by atoms with Crippen LogP contribution in [0.25, 0.3) is 11.0 Å². The highest BCUT2D eigenvalue weighted by molar-refractivity contribution is 5.74. The molecule has 1 aromatic carbocycles. The predicted molar refractivity (Wildman–Crippen MR) is 88.2 cm³/mol. The largest absolute Gasteiger partial charge is 0.341 e. The average Bonchev–Trinajstić information content (AvgIpc) is 2.80. The molecular formula is C18H27N3. The second kappa shape index (κ2) is 5.80. The summed E-state index contributed by atoms with van der Waals surface area (Å²) < 4.78 is 0. The minimum Gasteiger partial charge on any atom is -0.341 e. The van der Waals surface area contributed by atoms with Crippen molar-refractivity contribution < 1.29 is 0 Å². The van der Waals surface area contributed by atoms with E-state index in [-0.39, 0.29) is 0 Å². The van der Waals surface area contributed by atoms with E-state index in [0.29, 0.717) is 12.0 Å². The summed E-state index contributed by atoms with van der Waals surface area (Å²) in [6.45, 7) is 11.7. The number of nitrogens with zero attached hydrogens (tertiary/aromatic N) is 2. The van der Waals surface area contributed by atoms with E-state index < -0.39 is 0 Å². The third-order valence-electron chi connectivity index (χ3n) is 4.61. The van der Waals surface area contributed by atoms with E-state index in [2.05, 4.69) is 61.8 Å². The molecule has 1 fully saturated rings. The molecule has 0 bridgehead atoms. The Hall–Kier alpha value is -1.35. The second-order valence-corrected chi connectivity index (χ2v) is 7.23. The summed E-state index contributed by atoms with van der Waals surface area (Å²) in [5, 5.41) is 0. The number of benzene rings is 1. The van der Waals surface area contributed by atoms with E-state index in [1.54, 1.807) is 0 Å². The van der Waals surface area contributed by atoms with Gasteiger partial charge in [0, 0.05) is 13.1 Å². The van der Waals surface area contributed by atoms with Crippen molar-refractivity contribution in [1.82, 2.24) is 14.9 Å². The first-order valence-electron chi connectivity index (χ1n) is 8.23. The van der Waals surface area contributed by atoms with Crippen molar-refractivity contribution >= 4 is 11.0 Å². The zero-order chi connectivity index (χ0) is 15.0. The Balaban J connectivity index is 1.93. The van der Waals surface area contributed by atoms with Crippen LogP contribution in [0.5, 0.6) is 0 Å². The lowest BCUT2D eigenvalue weighted by Crippen LogP contribution is -2.43. The average molecular weight is 285 g/mol. The molecule has 1 saturated heterocycles. The number of para-hydroxylation sites is 2. The van der Waals surface area contributed by atoms with Crippen molar-refractivity contribution in [2.24, 2.45) is 17.8 Å². The number of fused-ring (bicyclic) bond motifs is 1. The molecule has 0 radical (unpaired) electrons. The van der Waals surface area contributed by atoms with Crippen LogP contribution in [0.1, 0.15) is 46.0 Å². The molecule has 3 rings (SSSR count). The maximum Gasteiger partial charge on any atom is 0.124 e. The molecule has 3 heteroatoms. The van der Waals surface area contributed by atoms with Gasteiger partial charge in [-0.1, -0.05) is 39.8 Å². The van der Waals surface area contributed by atoms with Gasteiger partial charge in [-0.2, -0.15) is 0 Å². The second-order valence-electron chi connectivity index (χ2n) is 7.23. The molecule has 0 spiro atoms. The van der Waals surface area contributed by atoms with E-state index in [0.717, 1.165) is 28.7 Å². The lowest BCUT2D eigenvalue weighted by Gasteiger charge is -2.41. The van der Waals surface area contributed by atoms with E-state index in [1.807, 2.05) is 0 Å². The predicted octanol–water partition coefficient (Wildman–Crippen LogP) is 4.24. The fourth-order valence-electron chi connectivity index (χ4n) is 3.96. The van der Waals surface area contributed by atoms with Gasteiger partial charge in [-0.15, -0.1) is 0 Å². The van der Waals surface area contributed by atoms with Crippen molar-refractivity contribution in [2.45, 2.75) is 40.2 Å². The monoisotopic (exact) mass is 285 g/mol. The zero-order valence-electron chi connectivity index (χ0n) is 13.6. The van der Waals surface area contributed by atoms with Crippen LogP contribution in [-0.2, 0) is 0 Å². The molecular weight excluding hydrogens is 258 g/mol. The smallest absolute Gasteiger partial charge is 0.124 e. The van der Waals surface area contributed by atoms with Crippen LogP contribution in [0.4, 0.5) is 0 Å². The van der Waals surface area contributed by atoms with Crippen LogP contribution in [0, 0.1) is 17.8 Å². The van der Waals surface area contributed by atoms with Gasteiger partial charge in [0.1, 0.15) is 5.82 Å². The summed E-state index contributed by atoms with van der Waals surface area (Å²) >= 11 is 0. The SMILES string of the molecule is CC1CC(C)CN(C(c2nc3ccccc3[nH]2)C(C)C)C1. The maximum absolute atomic E-state index is 4.86. The topological polar surface area (TPSA) is 31.9 Å². The molecule has 3 atom stereocenters. The number of hydrogen-bond acceptors (Lipinski definition) is 2. The highest BCUT2D eigenvalue weighted by Gasteiger charge is 2.31. The normalized spacial score (nSPS) is 25.6. The molecule has 3 unspecified atom stereocenters. The summed E-state index contributed by atoms with van der Waals surface area (Å²) in [5.74, 6) is 3.24. The van der Waals surface area contributed by atoms with Crippen LogP contribution >= 0.6 is 0 Å². The minimum absolute atomic E-state index is 0.391. The van der Waals surface area contributed by atoms with Crippen molar-refractivity contribution in [3.63, 3.8) is 0 Å². The Morgan fingerprint density at radius 3 is 2.43 bits per heavy atom. The molecule has 1 aromatic heterocycles. The molecule has 1 N–H and O–H groups in total. The van der Waals surface area contributed by atoms with Gasteiger partial charge in [-0.25, -0.2) is 4.98 Å². The summed E-state index contributed by atoms with van der Waals surface area (Å²) in [7, 11) is 0. The fourth-order valence-corrected chi connectivity index (χ4v) is 3.96. The molecule has 3 nitrogen and oxygen atoms in total. The Kier molecular flexibility index (Phi) is 4.03. The van der Waals surface area contributed by atoms with Gasteiger partial charge in [0.2, 0.25) is 0 Å². The van der Waals surface area contributed by atoms with Crippen LogP contribution in [-0.4, -0.2) is 28.0 Å². The van der Waals surface area contributed by atoms with Crippen molar-refractivity contribution in [3.05, 3.63) is 30.1 Å². The van der Waals surface area contributed by atoms with Gasteiger partial charge < -0.3 is 4.98 Å². The Morgan fingerprint density at radius 2 is 1.81 bits per heavy atom. The van der Waals surface area contributed by atoms with Gasteiger partial charge in [0.15, 0.2) is 0 Å². The van der Waals surface area contributed by atoms with Crippen molar-refractivity contribution in [3.8, 4) is 0 Å². The van der Waals surface area contributed by atoms with Gasteiger partial charge in [0.05, 0.1) is 17.1 Å². The number of nitrogens with one attached hydrogen (secondary N) is 1. The third-order valence-corrected chi connectivity index (χ3v) is 4.61. The molecule has 21 heavy (non-hydrogen) atoms. The van der Waals surface area contributed by atoms with Gasteiger partial charge in [-0.3, -0.25) is 4.90 Å². The quantitative estimate of drug-likeness (QED) is 0.914. The maximum atomic E-state index is 4.86. The van der Waals surface area contributed by atoms with Gasteiger partial charge in [-0.05, 0) is 36.3 Å². The fraction of sp³-hybridized carbons (Fsp3) is 0.611. The van der Waals surface area contributed by atoms with E-state index in [9.17, 15) is 0 Å². The summed E-state index contributed by atoms with van der Waals surface area (Å²) in [4.78, 5) is 11.1. The highest BCUT2D eigenvalue weighted by Crippen LogP contribution is 2.33. The number of piperidine rings is 1. The third kappa shape index (κ3) is 2.98. The van der Waals surface area contributed by atoms with E-state index in [1.165, 1.54) is 19.5 Å². The first-order valence-corrected chi connectivity index (χ1v) is 8.23. The molecule has 1 aliphatic rings. The van der Waals surface area contributed by atoms with Gasteiger partial charge in [0.25, 0.3) is 0 Å². The minimum atomic E-state index is 0.391. The van der Waals surface area contributed by atoms with Crippen LogP contribution in [0.15, 0.2) is 24.3 Å². The molecule has 1 aliphatic heterocycles. The van der Waals surface area contributed by atoms with E-state index >= 15 is 0 Å². The molecule has 2 heterocycles. The first kappa shape index (κ1) is 14.6. The highest BCUT2D eigenvalue weighted by atomic mass is 15.2. The van der Waals surface area contributed by atoms with Crippen LogP contribution < -0.4 is 0 Å². The van der Waals surface area contributed by atoms with Crippen LogP contribution in [0.3, 0.4) is 0 Å². The number of imidazole rings is 1. The number of hydrogen-bond donors (Lipinski definition) is 1. The Labute approximate surface area is 127 Å². The van der Waals surface area contributed by atoms with Crippen molar-refractivity contribution in [2.75, 3.05) is 13.1 Å². The first-order chi connectivity index (χ1) is 10.0. The number of aromatic amines is 1. The lowest BCUT2D eigenvalue weighted by molar-refractivity contribution is 0.0684. The van der Waals surface area contributed by atoms with Crippen LogP contribution in [0.2, 0.25) is 0 Å². The number of likely N-dealkylation sites (tertiary alicyclic amines) is 1. The molecule has 114 valence electrons. The standard InChI is InChI=1S/C18H27N3/c1-12(2)17(21-10-13(3)9-14(4)11-21)18-19-15-7-5-6-8-16(15)20-18/h5-8,12-14,17H,9-11H2,1-4H3,(H,19,20). The molecule has 0 amide bonds. The number of rotatable bonds is 3. The lowest BCUT2D eigenvalue weighted by atomic mass is 9.89. The van der Waals surface area contributed by atoms with E-state index in [4.69, 9.17) is 4.98 Å². The summed E-state index contributed by atoms with van der Waals surface area (Å²) in [5.41, 5.74) is 2.23. The number of aromatic nitrogens is 2. The summed E-state index contributed by atoms with van der Waals surface area (Å²) in [6.07, 6.45) is 1.35. The Morgan fingerprint density at radius 1 is 1.14 bits per heavy atom. The molecule has 0 aliphatic carbocycles. The molecule has 2 aromatic rings.